The molecule has 1 N–H and O–H groups in total. The molecule has 1 saturated heterocycles. The molecule has 0 unspecified atom stereocenters. The summed E-state index contributed by atoms with van der Waals surface area (Å²) in [6.45, 7) is -0.0851. The number of aliphatic hydroxyl groups is 1. The van der Waals surface area contributed by atoms with E-state index in [1.807, 2.05) is 0 Å². The molecular weight excluding hydrogens is 191 g/mol. The van der Waals surface area contributed by atoms with Crippen molar-refractivity contribution < 1.29 is 27.9 Å². The fourth-order valence-electron chi connectivity index (χ4n) is 0.878. The molecule has 1 heterocycles. The van der Waals surface area contributed by atoms with Crippen LogP contribution >= 0.6 is 0 Å². The Morgan fingerprint density at radius 2 is 2.23 bits per heavy atom. The van der Waals surface area contributed by atoms with Crippen LogP contribution in [0.1, 0.15) is 6.42 Å². The summed E-state index contributed by atoms with van der Waals surface area (Å²) in [5.74, 6) is -2.24. The molecule has 0 aromatic rings. The number of carbonyl (C=O) groups is 1. The van der Waals surface area contributed by atoms with Crippen molar-refractivity contribution >= 4 is 5.97 Å². The van der Waals surface area contributed by atoms with Crippen molar-refractivity contribution in [1.82, 2.24) is 5.06 Å². The van der Waals surface area contributed by atoms with Gasteiger partial charge < -0.3 is 9.94 Å². The summed E-state index contributed by atoms with van der Waals surface area (Å²) in [5, 5.41) is 9.39. The standard InChI is InChI=1S/C6H8F3NO3/c7-6(8,9)5(12)13-10-2-1-4(10)3-11/h4,11H,1-3H2/t4-/m0/s1. The van der Waals surface area contributed by atoms with Gasteiger partial charge in [-0.25, -0.2) is 4.79 Å². The van der Waals surface area contributed by atoms with Crippen LogP contribution < -0.4 is 0 Å². The lowest BCUT2D eigenvalue weighted by Gasteiger charge is -2.37. The third-order valence-electron chi connectivity index (χ3n) is 1.73. The van der Waals surface area contributed by atoms with E-state index in [0.29, 0.717) is 6.42 Å². The van der Waals surface area contributed by atoms with E-state index in [9.17, 15) is 18.0 Å². The van der Waals surface area contributed by atoms with Crippen LogP contribution in [0.25, 0.3) is 0 Å². The van der Waals surface area contributed by atoms with Gasteiger partial charge >= 0.3 is 12.1 Å². The van der Waals surface area contributed by atoms with Gasteiger partial charge in [0.15, 0.2) is 0 Å². The number of carbonyl (C=O) groups excluding carboxylic acids is 1. The lowest BCUT2D eigenvalue weighted by Crippen LogP contribution is -2.52. The minimum absolute atomic E-state index is 0.229. The minimum atomic E-state index is -4.98. The SMILES string of the molecule is O=C(ON1CC[C@H]1CO)C(F)(F)F. The van der Waals surface area contributed by atoms with Crippen LogP contribution in [0, 0.1) is 0 Å². The molecule has 76 valence electrons. The quantitative estimate of drug-likeness (QED) is 0.683. The second kappa shape index (κ2) is 3.51. The van der Waals surface area contributed by atoms with Gasteiger partial charge in [-0.3, -0.25) is 0 Å². The maximum Gasteiger partial charge on any atom is 0.492 e. The first-order valence-electron chi connectivity index (χ1n) is 3.61. The molecule has 0 aromatic heterocycles. The van der Waals surface area contributed by atoms with Gasteiger partial charge in [0.1, 0.15) is 0 Å². The fraction of sp³-hybridized carbons (Fsp3) is 0.833. The molecule has 1 rings (SSSR count). The zero-order chi connectivity index (χ0) is 10.1. The molecule has 0 amide bonds. The summed E-state index contributed by atoms with van der Waals surface area (Å²) < 4.78 is 34.9. The number of halogens is 3. The first-order chi connectivity index (χ1) is 5.95. The molecule has 1 aliphatic rings. The zero-order valence-electron chi connectivity index (χ0n) is 6.54. The molecule has 0 radical (unpaired) electrons. The average molecular weight is 199 g/mol. The molecule has 7 heteroatoms. The van der Waals surface area contributed by atoms with Crippen LogP contribution in [0.15, 0.2) is 0 Å². The largest absolute Gasteiger partial charge is 0.492 e. The fourth-order valence-corrected chi connectivity index (χ4v) is 0.878. The van der Waals surface area contributed by atoms with Crippen LogP contribution in [0.5, 0.6) is 0 Å². The van der Waals surface area contributed by atoms with Gasteiger partial charge in [0.05, 0.1) is 12.6 Å². The Balaban J connectivity index is 2.37. The minimum Gasteiger partial charge on any atom is -0.395 e. The van der Waals surface area contributed by atoms with Crippen LogP contribution in [0.3, 0.4) is 0 Å². The topological polar surface area (TPSA) is 49.8 Å². The highest BCUT2D eigenvalue weighted by molar-refractivity contribution is 5.75. The average Bonchev–Trinajstić information content (AvgIpc) is 1.96. The first kappa shape index (κ1) is 10.3. The Morgan fingerprint density at radius 1 is 1.62 bits per heavy atom. The molecular formula is C6H8F3NO3. The summed E-state index contributed by atoms with van der Waals surface area (Å²) in [4.78, 5) is 14.2. The van der Waals surface area contributed by atoms with E-state index in [0.717, 1.165) is 5.06 Å². The van der Waals surface area contributed by atoms with Crippen molar-refractivity contribution in [3.8, 4) is 0 Å². The van der Waals surface area contributed by atoms with E-state index in [2.05, 4.69) is 4.84 Å². The number of hydroxylamine groups is 2. The Bertz CT molecular complexity index is 204. The summed E-state index contributed by atoms with van der Waals surface area (Å²) in [7, 11) is 0. The van der Waals surface area contributed by atoms with E-state index >= 15 is 0 Å². The van der Waals surface area contributed by atoms with Crippen molar-refractivity contribution in [1.29, 1.82) is 0 Å². The van der Waals surface area contributed by atoms with Crippen LogP contribution in [-0.4, -0.2) is 41.5 Å². The summed E-state index contributed by atoms with van der Waals surface area (Å²) in [6.07, 6.45) is -4.45. The van der Waals surface area contributed by atoms with Crippen LogP contribution in [0.4, 0.5) is 13.2 Å². The maximum absolute atomic E-state index is 11.6. The van der Waals surface area contributed by atoms with Gasteiger partial charge in [0.25, 0.3) is 0 Å². The molecule has 1 aliphatic heterocycles. The van der Waals surface area contributed by atoms with Gasteiger partial charge in [0, 0.05) is 6.54 Å². The highest BCUT2D eigenvalue weighted by Crippen LogP contribution is 2.22. The summed E-state index contributed by atoms with van der Waals surface area (Å²) in [6, 6.07) is -0.494. The number of nitrogens with zero attached hydrogens (tertiary/aromatic N) is 1. The molecule has 0 aromatic carbocycles. The smallest absolute Gasteiger partial charge is 0.395 e. The monoisotopic (exact) mass is 199 g/mol. The van der Waals surface area contributed by atoms with Crippen molar-refractivity contribution in [3.63, 3.8) is 0 Å². The lowest BCUT2D eigenvalue weighted by atomic mass is 10.1. The molecule has 0 bridgehead atoms. The number of alkyl halides is 3. The Morgan fingerprint density at radius 3 is 2.54 bits per heavy atom. The van der Waals surface area contributed by atoms with Crippen molar-refractivity contribution in [2.75, 3.05) is 13.2 Å². The zero-order valence-corrected chi connectivity index (χ0v) is 6.54. The van der Waals surface area contributed by atoms with Gasteiger partial charge in [0.2, 0.25) is 0 Å². The van der Waals surface area contributed by atoms with Crippen LogP contribution in [-0.2, 0) is 9.63 Å². The second-order valence-corrected chi connectivity index (χ2v) is 2.64. The number of hydrogen-bond donors (Lipinski definition) is 1. The highest BCUT2D eigenvalue weighted by atomic mass is 19.4. The van der Waals surface area contributed by atoms with Crippen molar-refractivity contribution in [2.24, 2.45) is 0 Å². The van der Waals surface area contributed by atoms with Crippen LogP contribution in [0.2, 0.25) is 0 Å². The number of hydrogen-bond acceptors (Lipinski definition) is 4. The maximum atomic E-state index is 11.6. The molecule has 0 aliphatic carbocycles. The van der Waals surface area contributed by atoms with Gasteiger partial charge in [-0.2, -0.15) is 13.2 Å². The normalized spacial score (nSPS) is 23.8. The molecule has 1 atom stereocenters. The predicted molar refractivity (Wildman–Crippen MR) is 34.3 cm³/mol. The summed E-state index contributed by atoms with van der Waals surface area (Å²) >= 11 is 0. The second-order valence-electron chi connectivity index (χ2n) is 2.64. The summed E-state index contributed by atoms with van der Waals surface area (Å²) in [5.41, 5.74) is 0. The van der Waals surface area contributed by atoms with Gasteiger partial charge in [-0.05, 0) is 6.42 Å². The third kappa shape index (κ3) is 2.31. The molecule has 13 heavy (non-hydrogen) atoms. The predicted octanol–water partition coefficient (Wildman–Crippen LogP) is 0.0735. The Hall–Kier alpha value is -0.820. The van der Waals surface area contributed by atoms with Crippen molar-refractivity contribution in [3.05, 3.63) is 0 Å². The first-order valence-corrected chi connectivity index (χ1v) is 3.61. The molecule has 1 fully saturated rings. The number of rotatable bonds is 2. The van der Waals surface area contributed by atoms with E-state index in [1.165, 1.54) is 0 Å². The van der Waals surface area contributed by atoms with Gasteiger partial charge in [-0.15, -0.1) is 5.06 Å². The van der Waals surface area contributed by atoms with E-state index < -0.39 is 18.2 Å². The van der Waals surface area contributed by atoms with E-state index in [1.54, 1.807) is 0 Å². The van der Waals surface area contributed by atoms with Crippen molar-refractivity contribution in [2.45, 2.75) is 18.6 Å². The number of aliphatic hydroxyl groups excluding tert-OH is 1. The molecule has 0 saturated carbocycles. The van der Waals surface area contributed by atoms with E-state index in [4.69, 9.17) is 5.11 Å². The van der Waals surface area contributed by atoms with Gasteiger partial charge in [-0.1, -0.05) is 0 Å². The van der Waals surface area contributed by atoms with E-state index in [-0.39, 0.29) is 13.2 Å². The lowest BCUT2D eigenvalue weighted by molar-refractivity contribution is -0.266. The Kier molecular flexibility index (Phi) is 2.77. The highest BCUT2D eigenvalue weighted by Gasteiger charge is 2.44. The molecule has 4 nitrogen and oxygen atoms in total. The molecule has 0 spiro atoms. The Labute approximate surface area is 71.8 Å². The third-order valence-corrected chi connectivity index (χ3v) is 1.73.